The summed E-state index contributed by atoms with van der Waals surface area (Å²) in [5.74, 6) is 0.335. The topological polar surface area (TPSA) is 69.0 Å². The highest BCUT2D eigenvalue weighted by Crippen LogP contribution is 2.29. The monoisotopic (exact) mass is 422 g/mol. The summed E-state index contributed by atoms with van der Waals surface area (Å²) < 4.78 is 26.6. The molecule has 27 heavy (non-hydrogen) atoms. The van der Waals surface area contributed by atoms with Crippen molar-refractivity contribution in [3.63, 3.8) is 0 Å². The summed E-state index contributed by atoms with van der Waals surface area (Å²) >= 11 is 2.83. The summed E-state index contributed by atoms with van der Waals surface area (Å²) in [7, 11) is -3.35. The summed E-state index contributed by atoms with van der Waals surface area (Å²) in [6.45, 7) is 7.81. The van der Waals surface area contributed by atoms with Crippen molar-refractivity contribution in [1.29, 1.82) is 0 Å². The van der Waals surface area contributed by atoms with E-state index in [1.807, 2.05) is 27.7 Å². The van der Waals surface area contributed by atoms with Gasteiger partial charge in [0.15, 0.2) is 15.0 Å². The third-order valence-electron chi connectivity index (χ3n) is 4.40. The molecular weight excluding hydrogens is 400 g/mol. The maximum absolute atomic E-state index is 13.0. The molecule has 0 spiro atoms. The second-order valence-electron chi connectivity index (χ2n) is 6.61. The van der Waals surface area contributed by atoms with Crippen LogP contribution in [0.5, 0.6) is 0 Å². The molecule has 2 heterocycles. The van der Waals surface area contributed by atoms with Crippen molar-refractivity contribution in [3.8, 4) is 0 Å². The van der Waals surface area contributed by atoms with Crippen molar-refractivity contribution in [2.75, 3.05) is 11.5 Å². The fourth-order valence-electron chi connectivity index (χ4n) is 2.83. The van der Waals surface area contributed by atoms with Gasteiger partial charge in [0.2, 0.25) is 0 Å². The smallest absolute Gasteiger partial charge is 0.263 e. The van der Waals surface area contributed by atoms with Gasteiger partial charge in [0.05, 0.1) is 16.0 Å². The zero-order chi connectivity index (χ0) is 19.8. The lowest BCUT2D eigenvalue weighted by atomic mass is 10.2. The molecule has 0 radical (unpaired) electrons. The molecule has 3 aromatic rings. The van der Waals surface area contributed by atoms with E-state index in [1.165, 1.54) is 23.1 Å². The molecular formula is C19H22N2O3S3. The molecule has 2 aromatic heterocycles. The number of hydrogen-bond acceptors (Lipinski definition) is 6. The fourth-order valence-corrected chi connectivity index (χ4v) is 6.70. The number of fused-ring (bicyclic) bond motifs is 1. The molecule has 5 nitrogen and oxygen atoms in total. The average molecular weight is 423 g/mol. The molecule has 3 rings (SSSR count). The molecule has 8 heteroatoms. The summed E-state index contributed by atoms with van der Waals surface area (Å²) in [5, 5.41) is 1.25. The van der Waals surface area contributed by atoms with Gasteiger partial charge >= 0.3 is 0 Å². The van der Waals surface area contributed by atoms with Crippen LogP contribution in [0.15, 0.2) is 45.2 Å². The Morgan fingerprint density at radius 2 is 1.85 bits per heavy atom. The first-order valence-corrected chi connectivity index (χ1v) is 12.1. The van der Waals surface area contributed by atoms with Gasteiger partial charge < -0.3 is 0 Å². The highest BCUT2D eigenvalue weighted by atomic mass is 32.2. The van der Waals surface area contributed by atoms with Crippen LogP contribution in [0.1, 0.15) is 30.3 Å². The lowest BCUT2D eigenvalue weighted by Gasteiger charge is -2.15. The normalized spacial score (nSPS) is 12.2. The largest absolute Gasteiger partial charge is 0.284 e. The SMILES string of the molecule is Cc1sc2nc(SCCS(=O)(=O)c3ccccc3)n(C(C)C)c(=O)c2c1C. The first-order chi connectivity index (χ1) is 12.7. The summed E-state index contributed by atoms with van der Waals surface area (Å²) in [6, 6.07) is 8.37. The van der Waals surface area contributed by atoms with Crippen LogP contribution in [-0.2, 0) is 9.84 Å². The summed E-state index contributed by atoms with van der Waals surface area (Å²) in [4.78, 5) is 19.8. The molecule has 0 N–H and O–H groups in total. The molecule has 0 saturated heterocycles. The van der Waals surface area contributed by atoms with Gasteiger partial charge in [-0.25, -0.2) is 13.4 Å². The Kier molecular flexibility index (Phi) is 5.79. The fraction of sp³-hybridized carbons (Fsp3) is 0.368. The molecule has 0 bridgehead atoms. The minimum absolute atomic E-state index is 0.00379. The van der Waals surface area contributed by atoms with Crippen LogP contribution in [0, 0.1) is 13.8 Å². The molecule has 0 atom stereocenters. The van der Waals surface area contributed by atoms with Gasteiger partial charge in [-0.2, -0.15) is 0 Å². The number of aromatic nitrogens is 2. The predicted molar refractivity (Wildman–Crippen MR) is 113 cm³/mol. The third-order valence-corrected chi connectivity index (χ3v) is 8.45. The van der Waals surface area contributed by atoms with Crippen LogP contribution >= 0.6 is 23.1 Å². The van der Waals surface area contributed by atoms with E-state index >= 15 is 0 Å². The van der Waals surface area contributed by atoms with E-state index in [-0.39, 0.29) is 17.4 Å². The van der Waals surface area contributed by atoms with Crippen molar-refractivity contribution in [1.82, 2.24) is 9.55 Å². The van der Waals surface area contributed by atoms with Crippen LogP contribution < -0.4 is 5.56 Å². The van der Waals surface area contributed by atoms with Gasteiger partial charge in [0.25, 0.3) is 5.56 Å². The van der Waals surface area contributed by atoms with Crippen LogP contribution in [0.3, 0.4) is 0 Å². The Morgan fingerprint density at radius 1 is 1.19 bits per heavy atom. The number of sulfone groups is 1. The molecule has 0 aliphatic heterocycles. The number of benzene rings is 1. The lowest BCUT2D eigenvalue weighted by molar-refractivity contribution is 0.519. The maximum atomic E-state index is 13.0. The highest BCUT2D eigenvalue weighted by Gasteiger charge is 2.20. The van der Waals surface area contributed by atoms with E-state index in [9.17, 15) is 13.2 Å². The number of hydrogen-bond donors (Lipinski definition) is 0. The van der Waals surface area contributed by atoms with Gasteiger partial charge in [-0.1, -0.05) is 30.0 Å². The maximum Gasteiger partial charge on any atom is 0.263 e. The van der Waals surface area contributed by atoms with Crippen molar-refractivity contribution in [2.24, 2.45) is 0 Å². The van der Waals surface area contributed by atoms with Crippen LogP contribution in [-0.4, -0.2) is 29.5 Å². The van der Waals surface area contributed by atoms with Gasteiger partial charge in [0, 0.05) is 16.7 Å². The van der Waals surface area contributed by atoms with E-state index in [0.29, 0.717) is 21.2 Å². The minimum Gasteiger partial charge on any atom is -0.284 e. The number of aryl methyl sites for hydroxylation is 2. The second kappa shape index (κ2) is 7.77. The van der Waals surface area contributed by atoms with Crippen molar-refractivity contribution < 1.29 is 8.42 Å². The van der Waals surface area contributed by atoms with Gasteiger partial charge in [-0.15, -0.1) is 11.3 Å². The van der Waals surface area contributed by atoms with Crippen molar-refractivity contribution in [2.45, 2.75) is 43.8 Å². The molecule has 0 aliphatic carbocycles. The molecule has 144 valence electrons. The molecule has 0 aliphatic rings. The van der Waals surface area contributed by atoms with E-state index in [1.54, 1.807) is 34.9 Å². The predicted octanol–water partition coefficient (Wildman–Crippen LogP) is 4.22. The molecule has 0 saturated carbocycles. The summed E-state index contributed by atoms with van der Waals surface area (Å²) in [6.07, 6.45) is 0. The van der Waals surface area contributed by atoms with E-state index in [4.69, 9.17) is 0 Å². The third kappa shape index (κ3) is 3.97. The number of thioether (sulfide) groups is 1. The summed E-state index contributed by atoms with van der Waals surface area (Å²) in [5.41, 5.74) is 0.926. The number of thiophene rings is 1. The van der Waals surface area contributed by atoms with Gasteiger partial charge in [-0.3, -0.25) is 9.36 Å². The standard InChI is InChI=1S/C19H22N2O3S3/c1-12(2)21-18(22)16-13(3)14(4)26-17(16)20-19(21)25-10-11-27(23,24)15-8-6-5-7-9-15/h5-9,12H,10-11H2,1-4H3. The van der Waals surface area contributed by atoms with Crippen LogP contribution in [0.4, 0.5) is 0 Å². The molecule has 0 unspecified atom stereocenters. The quantitative estimate of drug-likeness (QED) is 0.439. The Morgan fingerprint density at radius 3 is 2.48 bits per heavy atom. The van der Waals surface area contributed by atoms with Crippen molar-refractivity contribution >= 4 is 43.2 Å². The van der Waals surface area contributed by atoms with Gasteiger partial charge in [-0.05, 0) is 45.4 Å². The van der Waals surface area contributed by atoms with Crippen LogP contribution in [0.2, 0.25) is 0 Å². The Balaban J connectivity index is 1.91. The average Bonchev–Trinajstić information content (AvgIpc) is 2.89. The Bertz CT molecular complexity index is 1130. The molecule has 0 amide bonds. The second-order valence-corrected chi connectivity index (χ2v) is 11.0. The zero-order valence-corrected chi connectivity index (χ0v) is 18.2. The lowest BCUT2D eigenvalue weighted by Crippen LogP contribution is -2.25. The number of rotatable bonds is 6. The molecule has 1 aromatic carbocycles. The highest BCUT2D eigenvalue weighted by molar-refractivity contribution is 8.00. The van der Waals surface area contributed by atoms with E-state index in [0.717, 1.165) is 15.3 Å². The molecule has 0 fully saturated rings. The van der Waals surface area contributed by atoms with E-state index < -0.39 is 9.84 Å². The Hall–Kier alpha value is -1.64. The first kappa shape index (κ1) is 20.1. The van der Waals surface area contributed by atoms with Crippen molar-refractivity contribution in [3.05, 3.63) is 51.1 Å². The van der Waals surface area contributed by atoms with Crippen LogP contribution in [0.25, 0.3) is 10.2 Å². The van der Waals surface area contributed by atoms with E-state index in [2.05, 4.69) is 4.98 Å². The Labute approximate surface area is 167 Å². The zero-order valence-electron chi connectivity index (χ0n) is 15.7. The van der Waals surface area contributed by atoms with Gasteiger partial charge in [0.1, 0.15) is 4.83 Å². The number of nitrogens with zero attached hydrogens (tertiary/aromatic N) is 2. The minimum atomic E-state index is -3.35. The first-order valence-electron chi connectivity index (χ1n) is 8.65.